The van der Waals surface area contributed by atoms with E-state index in [1.807, 2.05) is 0 Å². The van der Waals surface area contributed by atoms with E-state index in [9.17, 15) is 14.7 Å². The van der Waals surface area contributed by atoms with Crippen LogP contribution < -0.4 is 0 Å². The molecule has 1 unspecified atom stereocenters. The Morgan fingerprint density at radius 1 is 1.50 bits per heavy atom. The number of aromatic amines is 1. The van der Waals surface area contributed by atoms with Gasteiger partial charge in [-0.05, 0) is 25.8 Å². The number of likely N-dealkylation sites (tertiary alicyclic amines) is 1. The first-order chi connectivity index (χ1) is 8.36. The molecular formula is C11H12Cl2N2O3. The number of halogens is 2. The summed E-state index contributed by atoms with van der Waals surface area (Å²) >= 11 is 11.5. The van der Waals surface area contributed by atoms with Crippen molar-refractivity contribution in [2.75, 3.05) is 6.54 Å². The summed E-state index contributed by atoms with van der Waals surface area (Å²) in [5, 5.41) is 9.67. The van der Waals surface area contributed by atoms with E-state index in [1.54, 1.807) is 6.92 Å². The van der Waals surface area contributed by atoms with Crippen LogP contribution in [0.1, 0.15) is 30.3 Å². The lowest BCUT2D eigenvalue weighted by atomic mass is 9.99. The molecule has 0 aromatic carbocycles. The first-order valence-electron chi connectivity index (χ1n) is 5.45. The SMILES string of the molecule is CC1(C(=O)O)CCCN1C(=O)c1cc(Cl)c(Cl)[nH]1. The van der Waals surface area contributed by atoms with Crippen molar-refractivity contribution in [2.24, 2.45) is 0 Å². The van der Waals surface area contributed by atoms with Gasteiger partial charge in [-0.1, -0.05) is 23.2 Å². The Balaban J connectivity index is 2.31. The number of amides is 1. The topological polar surface area (TPSA) is 73.4 Å². The Kier molecular flexibility index (Phi) is 3.29. The van der Waals surface area contributed by atoms with E-state index in [-0.39, 0.29) is 15.9 Å². The number of rotatable bonds is 2. The summed E-state index contributed by atoms with van der Waals surface area (Å²) in [5.41, 5.74) is -0.958. The Morgan fingerprint density at radius 3 is 2.67 bits per heavy atom. The average molecular weight is 291 g/mol. The molecule has 0 radical (unpaired) electrons. The molecule has 18 heavy (non-hydrogen) atoms. The fraction of sp³-hybridized carbons (Fsp3) is 0.455. The molecular weight excluding hydrogens is 279 g/mol. The van der Waals surface area contributed by atoms with Crippen molar-refractivity contribution in [2.45, 2.75) is 25.3 Å². The standard InChI is InChI=1S/C11H12Cl2N2O3/c1-11(10(17)18)3-2-4-15(11)9(16)7-5-6(12)8(13)14-7/h5,14H,2-4H2,1H3,(H,17,18). The van der Waals surface area contributed by atoms with Crippen molar-refractivity contribution in [3.8, 4) is 0 Å². The Hall–Kier alpha value is -1.20. The first-order valence-corrected chi connectivity index (χ1v) is 6.21. The molecule has 98 valence electrons. The third-order valence-corrected chi connectivity index (χ3v) is 4.00. The smallest absolute Gasteiger partial charge is 0.329 e. The van der Waals surface area contributed by atoms with Crippen LogP contribution in [-0.2, 0) is 4.79 Å². The van der Waals surface area contributed by atoms with Gasteiger partial charge in [-0.25, -0.2) is 4.79 Å². The van der Waals surface area contributed by atoms with Gasteiger partial charge >= 0.3 is 5.97 Å². The summed E-state index contributed by atoms with van der Waals surface area (Å²) in [6, 6.07) is 1.41. The second-order valence-corrected chi connectivity index (χ2v) is 5.27. The Bertz CT molecular complexity index is 495. The minimum atomic E-state index is -1.17. The molecule has 5 nitrogen and oxygen atoms in total. The number of hydrogen-bond acceptors (Lipinski definition) is 2. The van der Waals surface area contributed by atoms with Crippen molar-refractivity contribution in [3.63, 3.8) is 0 Å². The maximum atomic E-state index is 12.2. The molecule has 1 aliphatic heterocycles. The zero-order chi connectivity index (χ0) is 13.5. The minimum Gasteiger partial charge on any atom is -0.480 e. The molecule has 1 aromatic rings. The molecule has 1 aliphatic rings. The molecule has 1 fully saturated rings. The molecule has 2 N–H and O–H groups in total. The molecule has 1 atom stereocenters. The van der Waals surface area contributed by atoms with Gasteiger partial charge in [0.25, 0.3) is 5.91 Å². The number of aromatic nitrogens is 1. The van der Waals surface area contributed by atoms with E-state index in [0.717, 1.165) is 0 Å². The van der Waals surface area contributed by atoms with Crippen LogP contribution in [0.5, 0.6) is 0 Å². The number of carboxylic acid groups (broad SMARTS) is 1. The van der Waals surface area contributed by atoms with Crippen LogP contribution in [0.4, 0.5) is 0 Å². The molecule has 7 heteroatoms. The second kappa shape index (κ2) is 4.48. The van der Waals surface area contributed by atoms with E-state index in [4.69, 9.17) is 23.2 Å². The molecule has 1 saturated heterocycles. The average Bonchev–Trinajstić information content (AvgIpc) is 2.84. The van der Waals surface area contributed by atoms with Crippen molar-refractivity contribution >= 4 is 35.1 Å². The zero-order valence-electron chi connectivity index (χ0n) is 9.67. The molecule has 2 heterocycles. The number of aliphatic carboxylic acids is 1. The van der Waals surface area contributed by atoms with Crippen LogP contribution in [0, 0.1) is 0 Å². The monoisotopic (exact) mass is 290 g/mol. The van der Waals surface area contributed by atoms with Gasteiger partial charge in [0.05, 0.1) is 5.02 Å². The van der Waals surface area contributed by atoms with Crippen molar-refractivity contribution in [3.05, 3.63) is 21.9 Å². The van der Waals surface area contributed by atoms with Crippen LogP contribution in [0.15, 0.2) is 6.07 Å². The lowest BCUT2D eigenvalue weighted by molar-refractivity contribution is -0.147. The summed E-state index contributed by atoms with van der Waals surface area (Å²) in [7, 11) is 0. The predicted octanol–water partition coefficient (Wildman–Crippen LogP) is 2.40. The molecule has 1 aromatic heterocycles. The molecule has 0 spiro atoms. The molecule has 0 aliphatic carbocycles. The van der Waals surface area contributed by atoms with E-state index in [1.165, 1.54) is 11.0 Å². The Morgan fingerprint density at radius 2 is 2.17 bits per heavy atom. The quantitative estimate of drug-likeness (QED) is 0.878. The summed E-state index contributed by atoms with van der Waals surface area (Å²) in [6.07, 6.45) is 1.10. The molecule has 0 saturated carbocycles. The van der Waals surface area contributed by atoms with E-state index in [2.05, 4.69) is 4.98 Å². The number of hydrogen-bond donors (Lipinski definition) is 2. The fourth-order valence-corrected chi connectivity index (χ4v) is 2.49. The van der Waals surface area contributed by atoms with Crippen LogP contribution in [0.25, 0.3) is 0 Å². The number of carbonyl (C=O) groups excluding carboxylic acids is 1. The number of carboxylic acids is 1. The first kappa shape index (κ1) is 13.2. The summed E-state index contributed by atoms with van der Waals surface area (Å²) in [6.45, 7) is 1.96. The van der Waals surface area contributed by atoms with Gasteiger partial charge < -0.3 is 15.0 Å². The van der Waals surface area contributed by atoms with Gasteiger partial charge in [0.2, 0.25) is 0 Å². The van der Waals surface area contributed by atoms with Gasteiger partial charge in [0.1, 0.15) is 16.4 Å². The van der Waals surface area contributed by atoms with Gasteiger partial charge in [0.15, 0.2) is 0 Å². The number of nitrogens with one attached hydrogen (secondary N) is 1. The largest absolute Gasteiger partial charge is 0.480 e. The highest BCUT2D eigenvalue weighted by atomic mass is 35.5. The number of H-pyrrole nitrogens is 1. The minimum absolute atomic E-state index is 0.177. The Labute approximate surface area is 114 Å². The highest BCUT2D eigenvalue weighted by Crippen LogP contribution is 2.32. The highest BCUT2D eigenvalue weighted by Gasteiger charge is 2.46. The maximum Gasteiger partial charge on any atom is 0.329 e. The van der Waals surface area contributed by atoms with E-state index >= 15 is 0 Å². The third kappa shape index (κ3) is 1.97. The van der Waals surface area contributed by atoms with Crippen molar-refractivity contribution in [1.82, 2.24) is 9.88 Å². The molecule has 2 rings (SSSR count). The number of carbonyl (C=O) groups is 2. The van der Waals surface area contributed by atoms with Gasteiger partial charge in [0, 0.05) is 6.54 Å². The van der Waals surface area contributed by atoms with Crippen molar-refractivity contribution < 1.29 is 14.7 Å². The normalized spacial score (nSPS) is 23.4. The van der Waals surface area contributed by atoms with Crippen molar-refractivity contribution in [1.29, 1.82) is 0 Å². The van der Waals surface area contributed by atoms with Gasteiger partial charge in [-0.2, -0.15) is 0 Å². The van der Waals surface area contributed by atoms with E-state index < -0.39 is 17.4 Å². The van der Waals surface area contributed by atoms with Crippen LogP contribution in [-0.4, -0.2) is 39.0 Å². The molecule has 1 amide bonds. The van der Waals surface area contributed by atoms with Crippen LogP contribution in [0.3, 0.4) is 0 Å². The fourth-order valence-electron chi connectivity index (χ4n) is 2.18. The molecule has 0 bridgehead atoms. The second-order valence-electron chi connectivity index (χ2n) is 4.48. The summed E-state index contributed by atoms with van der Waals surface area (Å²) in [4.78, 5) is 27.5. The maximum absolute atomic E-state index is 12.2. The lowest BCUT2D eigenvalue weighted by Crippen LogP contribution is -2.50. The third-order valence-electron chi connectivity index (χ3n) is 3.30. The van der Waals surface area contributed by atoms with Gasteiger partial charge in [-0.3, -0.25) is 4.79 Å². The van der Waals surface area contributed by atoms with Crippen LogP contribution in [0.2, 0.25) is 10.2 Å². The van der Waals surface area contributed by atoms with Gasteiger partial charge in [-0.15, -0.1) is 0 Å². The summed E-state index contributed by atoms with van der Waals surface area (Å²) in [5.74, 6) is -1.40. The lowest BCUT2D eigenvalue weighted by Gasteiger charge is -2.30. The van der Waals surface area contributed by atoms with E-state index in [0.29, 0.717) is 19.4 Å². The summed E-state index contributed by atoms with van der Waals surface area (Å²) < 4.78 is 0. The number of nitrogens with zero attached hydrogens (tertiary/aromatic N) is 1. The highest BCUT2D eigenvalue weighted by molar-refractivity contribution is 6.41. The predicted molar refractivity (Wildman–Crippen MR) is 67.1 cm³/mol. The zero-order valence-corrected chi connectivity index (χ0v) is 11.2. The van der Waals surface area contributed by atoms with Crippen LogP contribution >= 0.6 is 23.2 Å².